The number of hydrogen-bond acceptors (Lipinski definition) is 9. The predicted molar refractivity (Wildman–Crippen MR) is 136 cm³/mol. The lowest BCUT2D eigenvalue weighted by Crippen LogP contribution is -2.42. The lowest BCUT2D eigenvalue weighted by Gasteiger charge is -2.29. The molecule has 1 heterocycles. The molecular formula is C28H28N2O8. The van der Waals surface area contributed by atoms with Gasteiger partial charge in [-0.2, -0.15) is 0 Å². The quantitative estimate of drug-likeness (QED) is 0.245. The van der Waals surface area contributed by atoms with E-state index in [-0.39, 0.29) is 58.5 Å². The molecule has 0 spiro atoms. The number of carbonyl (C=O) groups excluding carboxylic acids is 4. The molecule has 4 N–H and O–H groups in total. The minimum absolute atomic E-state index is 0.00397. The van der Waals surface area contributed by atoms with Crippen molar-refractivity contribution in [1.29, 1.82) is 0 Å². The molecule has 0 aromatic heterocycles. The van der Waals surface area contributed by atoms with E-state index in [2.05, 4.69) is 10.6 Å². The molecule has 2 aromatic carbocycles. The third-order valence-corrected chi connectivity index (χ3v) is 6.92. The second kappa shape index (κ2) is 9.70. The van der Waals surface area contributed by atoms with Crippen LogP contribution >= 0.6 is 0 Å². The van der Waals surface area contributed by atoms with E-state index < -0.39 is 34.3 Å². The van der Waals surface area contributed by atoms with Crippen molar-refractivity contribution < 1.29 is 38.9 Å². The number of allylic oxidation sites excluding steroid dienone is 4. The molecule has 10 heteroatoms. The van der Waals surface area contributed by atoms with Gasteiger partial charge in [0.05, 0.1) is 24.8 Å². The van der Waals surface area contributed by atoms with Crippen molar-refractivity contribution in [2.75, 3.05) is 13.7 Å². The average Bonchev–Trinajstić information content (AvgIpc) is 3.17. The molecule has 4 rings (SSSR count). The first kappa shape index (κ1) is 26.5. The van der Waals surface area contributed by atoms with Gasteiger partial charge in [-0.3, -0.25) is 19.2 Å². The van der Waals surface area contributed by atoms with Gasteiger partial charge in [-0.25, -0.2) is 0 Å². The maximum atomic E-state index is 13.8. The molecule has 1 atom stereocenters. The summed E-state index contributed by atoms with van der Waals surface area (Å²) in [5, 5.41) is 26.9. The van der Waals surface area contributed by atoms with Crippen molar-refractivity contribution in [1.82, 2.24) is 10.6 Å². The number of methoxy groups -OCH3 is 1. The molecule has 1 amide bonds. The first-order chi connectivity index (χ1) is 17.9. The van der Waals surface area contributed by atoms with Crippen LogP contribution in [0.25, 0.3) is 0 Å². The molecule has 2 aliphatic rings. The van der Waals surface area contributed by atoms with Crippen LogP contribution in [0.15, 0.2) is 47.4 Å². The highest BCUT2D eigenvalue weighted by Crippen LogP contribution is 2.57. The third kappa shape index (κ3) is 4.17. The normalized spacial score (nSPS) is 19.1. The Morgan fingerprint density at radius 2 is 1.71 bits per heavy atom. The van der Waals surface area contributed by atoms with E-state index in [1.165, 1.54) is 27.7 Å². The summed E-state index contributed by atoms with van der Waals surface area (Å²) in [5.41, 5.74) is -0.950. The Balaban J connectivity index is 1.59. The molecule has 0 saturated carbocycles. The summed E-state index contributed by atoms with van der Waals surface area (Å²) in [6.07, 6.45) is 1.13. The second-order valence-corrected chi connectivity index (χ2v) is 9.36. The van der Waals surface area contributed by atoms with E-state index in [9.17, 15) is 29.4 Å². The number of benzene rings is 2. The van der Waals surface area contributed by atoms with Gasteiger partial charge in [0.1, 0.15) is 39.7 Å². The Bertz CT molecular complexity index is 1450. The lowest BCUT2D eigenvalue weighted by atomic mass is 9.70. The minimum atomic E-state index is -1.62. The molecule has 1 unspecified atom stereocenters. The van der Waals surface area contributed by atoms with Crippen LogP contribution in [0.1, 0.15) is 47.8 Å². The Morgan fingerprint density at radius 3 is 2.32 bits per heavy atom. The van der Waals surface area contributed by atoms with E-state index in [1.54, 1.807) is 19.2 Å². The number of phenolic OH excluding ortho intramolecular Hbond substituents is 2. The zero-order valence-corrected chi connectivity index (χ0v) is 21.6. The van der Waals surface area contributed by atoms with Crippen LogP contribution in [-0.4, -0.2) is 47.1 Å². The Labute approximate surface area is 218 Å². The largest absolute Gasteiger partial charge is 0.507 e. The maximum Gasteiger partial charge on any atom is 0.239 e. The standard InChI is InChI=1S/C28H28N2O8/c1-13-24(34)22(15(3)31)26-23(25(13)35)28(4)19(38-26)10-18(32)21(27(28)36)14(2)29-12-20(33)30-11-16-6-8-17(37-5)9-7-16/h6-10,29,34-35H,11-12H2,1-5H3,(H,30,33). The number of nitrogens with one attached hydrogen (secondary N) is 2. The summed E-state index contributed by atoms with van der Waals surface area (Å²) in [6.45, 7) is 5.70. The molecule has 10 nitrogen and oxygen atoms in total. The van der Waals surface area contributed by atoms with Crippen LogP contribution < -0.4 is 20.1 Å². The fraction of sp³-hybridized carbons (Fsp3) is 0.286. The molecule has 0 radical (unpaired) electrons. The van der Waals surface area contributed by atoms with Crippen molar-refractivity contribution >= 4 is 23.3 Å². The number of ketones is 3. The number of rotatable bonds is 7. The first-order valence-electron chi connectivity index (χ1n) is 11.8. The summed E-state index contributed by atoms with van der Waals surface area (Å²) >= 11 is 0. The molecule has 198 valence electrons. The van der Waals surface area contributed by atoms with Gasteiger partial charge >= 0.3 is 0 Å². The van der Waals surface area contributed by atoms with Crippen LogP contribution in [0.4, 0.5) is 0 Å². The minimum Gasteiger partial charge on any atom is -0.507 e. The number of ether oxygens (including phenoxy) is 2. The molecule has 0 saturated heterocycles. The van der Waals surface area contributed by atoms with E-state index in [0.29, 0.717) is 5.75 Å². The summed E-state index contributed by atoms with van der Waals surface area (Å²) in [5.74, 6) is -2.58. The zero-order valence-electron chi connectivity index (χ0n) is 21.6. The highest BCUT2D eigenvalue weighted by molar-refractivity contribution is 6.31. The third-order valence-electron chi connectivity index (χ3n) is 6.92. The van der Waals surface area contributed by atoms with Crippen LogP contribution in [-0.2, 0) is 26.3 Å². The van der Waals surface area contributed by atoms with Gasteiger partial charge < -0.3 is 30.3 Å². The fourth-order valence-corrected chi connectivity index (χ4v) is 4.67. The maximum absolute atomic E-state index is 13.8. The first-order valence-corrected chi connectivity index (χ1v) is 11.8. The molecule has 0 bridgehead atoms. The molecule has 38 heavy (non-hydrogen) atoms. The van der Waals surface area contributed by atoms with E-state index >= 15 is 0 Å². The number of hydrogen-bond donors (Lipinski definition) is 4. The summed E-state index contributed by atoms with van der Waals surface area (Å²) in [4.78, 5) is 51.4. The number of fused-ring (bicyclic) bond motifs is 3. The van der Waals surface area contributed by atoms with Gasteiger partial charge in [-0.1, -0.05) is 12.1 Å². The van der Waals surface area contributed by atoms with Crippen LogP contribution in [0.2, 0.25) is 0 Å². The summed E-state index contributed by atoms with van der Waals surface area (Å²) < 4.78 is 10.9. The topological polar surface area (TPSA) is 151 Å². The smallest absolute Gasteiger partial charge is 0.239 e. The molecular weight excluding hydrogens is 492 g/mol. The van der Waals surface area contributed by atoms with Crippen molar-refractivity contribution in [3.8, 4) is 23.0 Å². The Kier molecular flexibility index (Phi) is 6.75. The van der Waals surface area contributed by atoms with Crippen molar-refractivity contribution in [3.63, 3.8) is 0 Å². The fourth-order valence-electron chi connectivity index (χ4n) is 4.67. The van der Waals surface area contributed by atoms with Gasteiger partial charge in [0.25, 0.3) is 0 Å². The van der Waals surface area contributed by atoms with Gasteiger partial charge in [0, 0.05) is 23.9 Å². The van der Waals surface area contributed by atoms with Crippen molar-refractivity contribution in [2.24, 2.45) is 0 Å². The van der Waals surface area contributed by atoms with Gasteiger partial charge in [0.15, 0.2) is 17.3 Å². The monoisotopic (exact) mass is 520 g/mol. The highest BCUT2D eigenvalue weighted by atomic mass is 16.5. The van der Waals surface area contributed by atoms with Crippen LogP contribution in [0, 0.1) is 6.92 Å². The van der Waals surface area contributed by atoms with Gasteiger partial charge in [-0.05, 0) is 45.4 Å². The van der Waals surface area contributed by atoms with Crippen LogP contribution in [0.3, 0.4) is 0 Å². The second-order valence-electron chi connectivity index (χ2n) is 9.36. The summed E-state index contributed by atoms with van der Waals surface area (Å²) in [6, 6.07) is 7.20. The Morgan fingerprint density at radius 1 is 1.05 bits per heavy atom. The van der Waals surface area contributed by atoms with Gasteiger partial charge in [-0.15, -0.1) is 0 Å². The molecule has 0 fully saturated rings. The molecule has 1 aliphatic heterocycles. The van der Waals surface area contributed by atoms with E-state index in [0.717, 1.165) is 11.6 Å². The lowest BCUT2D eigenvalue weighted by molar-refractivity contribution is -0.124. The number of amides is 1. The zero-order chi connectivity index (χ0) is 27.9. The van der Waals surface area contributed by atoms with Crippen LogP contribution in [0.5, 0.6) is 23.0 Å². The molecule has 2 aromatic rings. The number of phenols is 2. The SMILES string of the molecule is COc1ccc(CNC(=O)CNC(C)=C2C(=O)C=C3Oc4c(C(C)=O)c(O)c(C)c(O)c4C3(C)C2=O)cc1. The summed E-state index contributed by atoms with van der Waals surface area (Å²) in [7, 11) is 1.56. The van der Waals surface area contributed by atoms with Gasteiger partial charge in [0.2, 0.25) is 5.91 Å². The highest BCUT2D eigenvalue weighted by Gasteiger charge is 2.56. The van der Waals surface area contributed by atoms with Crippen molar-refractivity contribution in [2.45, 2.75) is 39.7 Å². The number of Topliss-reactive ketones (excluding diaryl/α,β-unsaturated/α-hetero) is 2. The Hall–Kier alpha value is -4.60. The number of carbonyl (C=O) groups is 4. The molecule has 1 aliphatic carbocycles. The van der Waals surface area contributed by atoms with E-state index in [1.807, 2.05) is 12.1 Å². The average molecular weight is 521 g/mol. The van der Waals surface area contributed by atoms with Crippen molar-refractivity contribution in [3.05, 3.63) is 69.6 Å². The predicted octanol–water partition coefficient (Wildman–Crippen LogP) is 2.48. The van der Waals surface area contributed by atoms with E-state index in [4.69, 9.17) is 9.47 Å². The number of aromatic hydroxyl groups is 2.